The third-order valence-corrected chi connectivity index (χ3v) is 4.67. The number of esters is 1. The number of aromatic nitrogens is 1. The van der Waals surface area contributed by atoms with E-state index in [1.807, 2.05) is 66.7 Å². The summed E-state index contributed by atoms with van der Waals surface area (Å²) in [4.78, 5) is 16.2. The van der Waals surface area contributed by atoms with E-state index in [4.69, 9.17) is 20.2 Å². The number of nitrogens with one attached hydrogen (secondary N) is 1. The van der Waals surface area contributed by atoms with Gasteiger partial charge in [-0.1, -0.05) is 36.4 Å². The number of nitrogens with zero attached hydrogens (tertiary/aromatic N) is 1. The molecule has 1 heterocycles. The van der Waals surface area contributed by atoms with Gasteiger partial charge in [-0.25, -0.2) is 9.78 Å². The van der Waals surface area contributed by atoms with Gasteiger partial charge in [-0.15, -0.1) is 0 Å². The van der Waals surface area contributed by atoms with Crippen LogP contribution in [0, 0.1) is 0 Å². The molecule has 0 unspecified atom stereocenters. The monoisotopic (exact) mass is 401 g/mol. The van der Waals surface area contributed by atoms with Crippen LogP contribution < -0.4 is 11.1 Å². The number of fused-ring (bicyclic) bond motifs is 2. The molecular weight excluding hydrogens is 378 g/mol. The minimum atomic E-state index is -0.380. The Morgan fingerprint density at radius 2 is 1.67 bits per heavy atom. The smallest absolute Gasteiger partial charge is 0.332 e. The SMILES string of the molecule is CCOC(=O)COCc1cc(N)cc(Nc2c3ccccc3nc3ccccc23)c1. The summed E-state index contributed by atoms with van der Waals surface area (Å²) in [6.07, 6.45) is 0. The van der Waals surface area contributed by atoms with Crippen LogP contribution in [0.25, 0.3) is 21.8 Å². The van der Waals surface area contributed by atoms with Crippen molar-refractivity contribution in [2.75, 3.05) is 24.3 Å². The number of pyridine rings is 1. The van der Waals surface area contributed by atoms with Crippen molar-refractivity contribution < 1.29 is 14.3 Å². The summed E-state index contributed by atoms with van der Waals surface area (Å²) in [5.74, 6) is -0.380. The molecule has 4 aromatic rings. The second kappa shape index (κ2) is 8.80. The van der Waals surface area contributed by atoms with Gasteiger partial charge in [0.2, 0.25) is 0 Å². The molecule has 0 aliphatic rings. The number of rotatable bonds is 7. The first-order chi connectivity index (χ1) is 14.6. The normalized spacial score (nSPS) is 11.0. The Hall–Kier alpha value is -3.64. The first kappa shape index (κ1) is 19.7. The summed E-state index contributed by atoms with van der Waals surface area (Å²) in [6, 6.07) is 21.7. The van der Waals surface area contributed by atoms with Crippen LogP contribution in [0.4, 0.5) is 17.1 Å². The Bertz CT molecular complexity index is 1150. The number of benzene rings is 3. The lowest BCUT2D eigenvalue weighted by atomic mass is 10.1. The zero-order valence-electron chi connectivity index (χ0n) is 16.7. The van der Waals surface area contributed by atoms with Crippen molar-refractivity contribution in [2.45, 2.75) is 13.5 Å². The van der Waals surface area contributed by atoms with E-state index in [-0.39, 0.29) is 19.2 Å². The van der Waals surface area contributed by atoms with Crippen LogP contribution in [0.3, 0.4) is 0 Å². The number of nitrogens with two attached hydrogens (primary N) is 1. The number of carbonyl (C=O) groups is 1. The molecule has 3 N–H and O–H groups in total. The first-order valence-electron chi connectivity index (χ1n) is 9.81. The van der Waals surface area contributed by atoms with Crippen LogP contribution in [0.1, 0.15) is 12.5 Å². The molecule has 0 saturated heterocycles. The highest BCUT2D eigenvalue weighted by Crippen LogP contribution is 2.33. The molecule has 6 heteroatoms. The molecule has 1 aromatic heterocycles. The van der Waals surface area contributed by atoms with Crippen molar-refractivity contribution in [2.24, 2.45) is 0 Å². The van der Waals surface area contributed by atoms with Crippen LogP contribution in [0.2, 0.25) is 0 Å². The van der Waals surface area contributed by atoms with Crippen LogP contribution in [-0.4, -0.2) is 24.2 Å². The minimum Gasteiger partial charge on any atom is -0.464 e. The van der Waals surface area contributed by atoms with Crippen molar-refractivity contribution in [3.63, 3.8) is 0 Å². The highest BCUT2D eigenvalue weighted by atomic mass is 16.6. The van der Waals surface area contributed by atoms with E-state index in [0.717, 1.165) is 38.7 Å². The van der Waals surface area contributed by atoms with E-state index >= 15 is 0 Å². The summed E-state index contributed by atoms with van der Waals surface area (Å²) >= 11 is 0. The lowest BCUT2D eigenvalue weighted by molar-refractivity contribution is -0.148. The maximum absolute atomic E-state index is 11.5. The number of para-hydroxylation sites is 2. The fourth-order valence-corrected chi connectivity index (χ4v) is 3.45. The van der Waals surface area contributed by atoms with Gasteiger partial charge in [0, 0.05) is 22.1 Å². The molecule has 4 rings (SSSR count). The Kier molecular flexibility index (Phi) is 5.77. The van der Waals surface area contributed by atoms with Gasteiger partial charge in [-0.2, -0.15) is 0 Å². The number of ether oxygens (including phenoxy) is 2. The van der Waals surface area contributed by atoms with Crippen molar-refractivity contribution in [1.29, 1.82) is 0 Å². The Morgan fingerprint density at radius 1 is 1.00 bits per heavy atom. The van der Waals surface area contributed by atoms with Crippen molar-refractivity contribution in [3.05, 3.63) is 72.3 Å². The second-order valence-electron chi connectivity index (χ2n) is 6.91. The van der Waals surface area contributed by atoms with Gasteiger partial charge in [0.05, 0.1) is 29.9 Å². The molecule has 0 aliphatic carbocycles. The number of hydrogen-bond acceptors (Lipinski definition) is 6. The Morgan fingerprint density at radius 3 is 2.33 bits per heavy atom. The molecule has 0 aliphatic heterocycles. The van der Waals surface area contributed by atoms with E-state index in [0.29, 0.717) is 12.3 Å². The fourth-order valence-electron chi connectivity index (χ4n) is 3.45. The maximum atomic E-state index is 11.5. The Balaban J connectivity index is 1.65. The molecule has 0 radical (unpaired) electrons. The van der Waals surface area contributed by atoms with E-state index in [1.165, 1.54) is 0 Å². The summed E-state index contributed by atoms with van der Waals surface area (Å²) in [5, 5.41) is 5.58. The number of anilines is 3. The first-order valence-corrected chi connectivity index (χ1v) is 9.81. The summed E-state index contributed by atoms with van der Waals surface area (Å²) < 4.78 is 10.3. The van der Waals surface area contributed by atoms with E-state index in [9.17, 15) is 4.79 Å². The largest absolute Gasteiger partial charge is 0.464 e. The van der Waals surface area contributed by atoms with E-state index in [1.54, 1.807) is 6.92 Å². The van der Waals surface area contributed by atoms with Crippen LogP contribution in [0.5, 0.6) is 0 Å². The Labute approximate surface area is 174 Å². The van der Waals surface area contributed by atoms with Crippen molar-refractivity contribution >= 4 is 44.8 Å². The molecule has 0 saturated carbocycles. The van der Waals surface area contributed by atoms with Crippen molar-refractivity contribution in [1.82, 2.24) is 4.98 Å². The zero-order chi connectivity index (χ0) is 20.9. The molecule has 0 atom stereocenters. The molecule has 0 amide bonds. The van der Waals surface area contributed by atoms with Gasteiger partial charge in [0.25, 0.3) is 0 Å². The lowest BCUT2D eigenvalue weighted by Crippen LogP contribution is -2.12. The zero-order valence-corrected chi connectivity index (χ0v) is 16.7. The summed E-state index contributed by atoms with van der Waals surface area (Å²) in [7, 11) is 0. The highest BCUT2D eigenvalue weighted by molar-refractivity contribution is 6.08. The van der Waals surface area contributed by atoms with Crippen LogP contribution in [0.15, 0.2) is 66.7 Å². The second-order valence-corrected chi connectivity index (χ2v) is 6.91. The van der Waals surface area contributed by atoms with Crippen LogP contribution >= 0.6 is 0 Å². The third kappa shape index (κ3) is 4.34. The fraction of sp³-hybridized carbons (Fsp3) is 0.167. The average molecular weight is 401 g/mol. The van der Waals surface area contributed by atoms with Gasteiger partial charge < -0.3 is 20.5 Å². The van der Waals surface area contributed by atoms with Gasteiger partial charge in [-0.3, -0.25) is 0 Å². The summed E-state index contributed by atoms with van der Waals surface area (Å²) in [5.41, 5.74) is 11.2. The minimum absolute atomic E-state index is 0.0922. The molecule has 152 valence electrons. The number of carbonyl (C=O) groups excluding carboxylic acids is 1. The summed E-state index contributed by atoms with van der Waals surface area (Å²) in [6.45, 7) is 2.27. The van der Waals surface area contributed by atoms with Crippen LogP contribution in [-0.2, 0) is 20.9 Å². The van der Waals surface area contributed by atoms with Gasteiger partial charge in [0.15, 0.2) is 0 Å². The van der Waals surface area contributed by atoms with Crippen molar-refractivity contribution in [3.8, 4) is 0 Å². The highest BCUT2D eigenvalue weighted by Gasteiger charge is 2.10. The number of hydrogen-bond donors (Lipinski definition) is 2. The molecule has 30 heavy (non-hydrogen) atoms. The quantitative estimate of drug-likeness (QED) is 0.263. The molecule has 6 nitrogen and oxygen atoms in total. The molecular formula is C24H23N3O3. The average Bonchev–Trinajstić information content (AvgIpc) is 2.73. The van der Waals surface area contributed by atoms with E-state index < -0.39 is 0 Å². The molecule has 3 aromatic carbocycles. The van der Waals surface area contributed by atoms with Gasteiger partial charge >= 0.3 is 5.97 Å². The molecule has 0 spiro atoms. The maximum Gasteiger partial charge on any atom is 0.332 e. The van der Waals surface area contributed by atoms with Gasteiger partial charge in [-0.05, 0) is 42.8 Å². The molecule has 0 fully saturated rings. The topological polar surface area (TPSA) is 86.5 Å². The lowest BCUT2D eigenvalue weighted by Gasteiger charge is -2.15. The molecule has 0 bridgehead atoms. The number of nitrogen functional groups attached to an aromatic ring is 1. The third-order valence-electron chi connectivity index (χ3n) is 4.67. The predicted molar refractivity (Wildman–Crippen MR) is 120 cm³/mol. The standard InChI is InChI=1S/C24H23N3O3/c1-2-30-23(28)15-29-14-16-11-17(25)13-18(12-16)26-24-19-7-3-5-9-21(19)27-22-10-6-4-8-20(22)24/h3-13H,2,14-15,25H2,1H3,(H,26,27). The van der Waals surface area contributed by atoms with Gasteiger partial charge in [0.1, 0.15) is 6.61 Å². The predicted octanol–water partition coefficient (Wildman–Crippen LogP) is 4.79. The van der Waals surface area contributed by atoms with E-state index in [2.05, 4.69) is 5.32 Å².